The Bertz CT molecular complexity index is 1240. The number of hydrogen-bond donors (Lipinski definition) is 2. The third-order valence-corrected chi connectivity index (χ3v) is 5.66. The van der Waals surface area contributed by atoms with Gasteiger partial charge in [0.2, 0.25) is 11.8 Å². The molecule has 0 spiro atoms. The van der Waals surface area contributed by atoms with Gasteiger partial charge >= 0.3 is 5.92 Å². The first kappa shape index (κ1) is 22.2. The molecule has 0 bridgehead atoms. The van der Waals surface area contributed by atoms with Crippen molar-refractivity contribution in [1.29, 1.82) is 0 Å². The van der Waals surface area contributed by atoms with Crippen LogP contribution in [0.15, 0.2) is 35.3 Å². The third-order valence-electron chi connectivity index (χ3n) is 5.66. The molecule has 1 atom stereocenters. The molecule has 12 heteroatoms. The maximum Gasteiger partial charge on any atom is 0.351 e. The molecular formula is C21H19F2N5O5. The third kappa shape index (κ3) is 4.11. The highest BCUT2D eigenvalue weighted by atomic mass is 19.3. The second kappa shape index (κ2) is 8.19. The van der Waals surface area contributed by atoms with Crippen LogP contribution in [-0.2, 0) is 40.4 Å². The van der Waals surface area contributed by atoms with Crippen molar-refractivity contribution in [2.75, 3.05) is 0 Å². The molecular weight excluding hydrogens is 440 g/mol. The molecule has 1 aromatic heterocycles. The first-order chi connectivity index (χ1) is 15.6. The smallest absolute Gasteiger partial charge is 0.346 e. The molecule has 4 amide bonds. The summed E-state index contributed by atoms with van der Waals surface area (Å²) >= 11 is 0. The lowest BCUT2D eigenvalue weighted by Crippen LogP contribution is -2.52. The molecule has 33 heavy (non-hydrogen) atoms. The number of fused-ring (bicyclic) bond motifs is 1. The molecule has 1 aromatic carbocycles. The van der Waals surface area contributed by atoms with E-state index in [1.807, 2.05) is 0 Å². The van der Waals surface area contributed by atoms with E-state index in [1.165, 1.54) is 24.1 Å². The van der Waals surface area contributed by atoms with E-state index < -0.39 is 34.9 Å². The van der Waals surface area contributed by atoms with Crippen LogP contribution < -0.4 is 16.2 Å². The Kier molecular flexibility index (Phi) is 5.52. The summed E-state index contributed by atoms with van der Waals surface area (Å²) in [6, 6.07) is 4.50. The van der Waals surface area contributed by atoms with Crippen LogP contribution in [0.4, 0.5) is 8.78 Å². The van der Waals surface area contributed by atoms with Crippen molar-refractivity contribution in [3.63, 3.8) is 0 Å². The van der Waals surface area contributed by atoms with E-state index >= 15 is 0 Å². The number of nitrogens with zero attached hydrogens (tertiary/aromatic N) is 3. The molecule has 0 saturated carbocycles. The van der Waals surface area contributed by atoms with Gasteiger partial charge < -0.3 is 10.2 Å². The van der Waals surface area contributed by atoms with Gasteiger partial charge in [0.05, 0.1) is 11.8 Å². The SMILES string of the molecule is Cn1ncc(C(F)(F)C(=O)NCc2ccc3c(c2)CN(C2CCC(=O)NC2=O)C3=O)cc1=O. The number of benzene rings is 1. The quantitative estimate of drug-likeness (QED) is 0.603. The summed E-state index contributed by atoms with van der Waals surface area (Å²) in [5.41, 5.74) is -0.172. The Hall–Kier alpha value is -3.96. The Balaban J connectivity index is 1.44. The monoisotopic (exact) mass is 459 g/mol. The molecule has 0 radical (unpaired) electrons. The number of hydrogen-bond acceptors (Lipinski definition) is 6. The lowest BCUT2D eigenvalue weighted by atomic mass is 10.0. The van der Waals surface area contributed by atoms with Crippen LogP contribution in [0.5, 0.6) is 0 Å². The average molecular weight is 459 g/mol. The van der Waals surface area contributed by atoms with Gasteiger partial charge in [-0.15, -0.1) is 0 Å². The number of aryl methyl sites for hydroxylation is 1. The highest BCUT2D eigenvalue weighted by Crippen LogP contribution is 2.29. The number of amides is 4. The molecule has 4 rings (SSSR count). The van der Waals surface area contributed by atoms with Crippen LogP contribution in [0.3, 0.4) is 0 Å². The number of nitrogens with one attached hydrogen (secondary N) is 2. The van der Waals surface area contributed by atoms with Crippen LogP contribution in [0.2, 0.25) is 0 Å². The van der Waals surface area contributed by atoms with Gasteiger partial charge in [0.1, 0.15) is 6.04 Å². The van der Waals surface area contributed by atoms with Crippen molar-refractivity contribution < 1.29 is 28.0 Å². The largest absolute Gasteiger partial charge is 0.351 e. The van der Waals surface area contributed by atoms with Crippen LogP contribution in [-0.4, -0.2) is 44.4 Å². The molecule has 3 heterocycles. The van der Waals surface area contributed by atoms with Crippen molar-refractivity contribution in [2.45, 2.75) is 37.9 Å². The van der Waals surface area contributed by atoms with Crippen LogP contribution in [0.25, 0.3) is 0 Å². The Morgan fingerprint density at radius 3 is 2.70 bits per heavy atom. The summed E-state index contributed by atoms with van der Waals surface area (Å²) in [6.45, 7) is -0.121. The van der Waals surface area contributed by atoms with Crippen LogP contribution in [0.1, 0.15) is 39.9 Å². The zero-order valence-electron chi connectivity index (χ0n) is 17.4. The van der Waals surface area contributed by atoms with E-state index in [-0.39, 0.29) is 37.7 Å². The predicted octanol–water partition coefficient (Wildman–Crippen LogP) is -0.0505. The molecule has 1 unspecified atom stereocenters. The number of halogens is 2. The summed E-state index contributed by atoms with van der Waals surface area (Å²) in [4.78, 5) is 61.2. The Labute approximate surface area is 185 Å². The number of alkyl halides is 2. The summed E-state index contributed by atoms with van der Waals surface area (Å²) in [7, 11) is 1.30. The molecule has 2 aromatic rings. The second-order valence-electron chi connectivity index (χ2n) is 7.85. The number of imide groups is 1. The van der Waals surface area contributed by atoms with Gasteiger partial charge in [-0.05, 0) is 23.6 Å². The van der Waals surface area contributed by atoms with Gasteiger partial charge in [0.15, 0.2) is 0 Å². The fourth-order valence-corrected chi connectivity index (χ4v) is 3.80. The topological polar surface area (TPSA) is 130 Å². The van der Waals surface area contributed by atoms with E-state index in [9.17, 15) is 32.8 Å². The minimum atomic E-state index is -3.96. The second-order valence-corrected chi connectivity index (χ2v) is 7.85. The molecule has 1 saturated heterocycles. The normalized spacial score (nSPS) is 18.2. The standard InChI is InChI=1S/C21H19F2N5O5/c1-27-17(30)7-13(9-25-27)21(22,23)20(33)24-8-11-2-3-14-12(6-11)10-28(19(14)32)15-4-5-16(29)26-18(15)31/h2-3,6-7,9,15H,4-5,8,10H2,1H3,(H,24,33)(H,26,29,31). The van der Waals surface area contributed by atoms with Gasteiger partial charge in [0, 0.05) is 38.2 Å². The zero-order valence-corrected chi connectivity index (χ0v) is 17.4. The predicted molar refractivity (Wildman–Crippen MR) is 108 cm³/mol. The van der Waals surface area contributed by atoms with Gasteiger partial charge in [-0.1, -0.05) is 12.1 Å². The maximum absolute atomic E-state index is 14.4. The summed E-state index contributed by atoms with van der Waals surface area (Å²) < 4.78 is 29.7. The average Bonchev–Trinajstić information content (AvgIpc) is 3.09. The van der Waals surface area contributed by atoms with E-state index in [1.54, 1.807) is 6.07 Å². The number of aromatic nitrogens is 2. The number of carbonyl (C=O) groups is 4. The van der Waals surface area contributed by atoms with E-state index in [0.29, 0.717) is 22.8 Å². The molecule has 2 aliphatic rings. The highest BCUT2D eigenvalue weighted by Gasteiger charge is 2.42. The van der Waals surface area contributed by atoms with Crippen LogP contribution >= 0.6 is 0 Å². The maximum atomic E-state index is 14.4. The summed E-state index contributed by atoms with van der Waals surface area (Å²) in [5, 5.41) is 7.86. The first-order valence-corrected chi connectivity index (χ1v) is 10.0. The van der Waals surface area contributed by atoms with Crippen molar-refractivity contribution in [2.24, 2.45) is 7.05 Å². The lowest BCUT2D eigenvalue weighted by Gasteiger charge is -2.29. The number of rotatable bonds is 5. The van der Waals surface area contributed by atoms with Crippen molar-refractivity contribution in [3.05, 3.63) is 63.1 Å². The fraction of sp³-hybridized carbons (Fsp3) is 0.333. The Morgan fingerprint density at radius 1 is 1.24 bits per heavy atom. The van der Waals surface area contributed by atoms with Crippen molar-refractivity contribution in [3.8, 4) is 0 Å². The van der Waals surface area contributed by atoms with Gasteiger partial charge in [0.25, 0.3) is 17.4 Å². The van der Waals surface area contributed by atoms with E-state index in [4.69, 9.17) is 0 Å². The molecule has 1 fully saturated rings. The number of piperidine rings is 1. The van der Waals surface area contributed by atoms with Gasteiger partial charge in [-0.3, -0.25) is 29.3 Å². The zero-order chi connectivity index (χ0) is 23.9. The minimum absolute atomic E-state index is 0.122. The van der Waals surface area contributed by atoms with E-state index in [2.05, 4.69) is 15.7 Å². The first-order valence-electron chi connectivity index (χ1n) is 10.0. The Morgan fingerprint density at radius 2 is 2.00 bits per heavy atom. The lowest BCUT2D eigenvalue weighted by molar-refractivity contribution is -0.147. The van der Waals surface area contributed by atoms with Crippen LogP contribution in [0, 0.1) is 0 Å². The minimum Gasteiger partial charge on any atom is -0.346 e. The molecule has 2 N–H and O–H groups in total. The van der Waals surface area contributed by atoms with Crippen molar-refractivity contribution in [1.82, 2.24) is 25.3 Å². The fourth-order valence-electron chi connectivity index (χ4n) is 3.80. The molecule has 2 aliphatic heterocycles. The molecule has 0 aliphatic carbocycles. The van der Waals surface area contributed by atoms with E-state index in [0.717, 1.165) is 10.9 Å². The van der Waals surface area contributed by atoms with Gasteiger partial charge in [-0.25, -0.2) is 4.68 Å². The molecule has 172 valence electrons. The summed E-state index contributed by atoms with van der Waals surface area (Å²) in [6.07, 6.45) is 1.11. The van der Waals surface area contributed by atoms with Gasteiger partial charge in [-0.2, -0.15) is 13.9 Å². The number of carbonyl (C=O) groups excluding carboxylic acids is 4. The molecule has 10 nitrogen and oxygen atoms in total. The summed E-state index contributed by atoms with van der Waals surface area (Å²) in [5.74, 6) is -6.84. The highest BCUT2D eigenvalue weighted by molar-refractivity contribution is 6.05. The van der Waals surface area contributed by atoms with Crippen molar-refractivity contribution >= 4 is 23.6 Å².